The van der Waals surface area contributed by atoms with Gasteiger partial charge in [-0.2, -0.15) is 5.10 Å². The van der Waals surface area contributed by atoms with E-state index < -0.39 is 0 Å². The molecule has 0 atom stereocenters. The summed E-state index contributed by atoms with van der Waals surface area (Å²) in [6.07, 6.45) is 1.85. The van der Waals surface area contributed by atoms with Crippen molar-refractivity contribution >= 4 is 16.9 Å². The quantitative estimate of drug-likeness (QED) is 0.579. The molecule has 1 saturated heterocycles. The molecule has 1 aromatic carbocycles. The Kier molecular flexibility index (Phi) is 4.30. The molecule has 0 unspecified atom stereocenters. The normalized spacial score (nSPS) is 15.3. The number of fused-ring (bicyclic) bond motifs is 1. The van der Waals surface area contributed by atoms with Gasteiger partial charge in [-0.3, -0.25) is 9.89 Å². The van der Waals surface area contributed by atoms with Gasteiger partial charge in [0.2, 0.25) is 0 Å². The lowest BCUT2D eigenvalue weighted by Gasteiger charge is -2.23. The van der Waals surface area contributed by atoms with Crippen LogP contribution < -0.4 is 10.6 Å². The van der Waals surface area contributed by atoms with Gasteiger partial charge in [-0.15, -0.1) is 0 Å². The minimum absolute atomic E-state index is 0.103. The second-order valence-corrected chi connectivity index (χ2v) is 6.63. The number of hydrogen-bond donors (Lipinski definition) is 4. The van der Waals surface area contributed by atoms with Crippen molar-refractivity contribution in [3.05, 3.63) is 41.6 Å². The Morgan fingerprint density at radius 2 is 1.96 bits per heavy atom. The third kappa shape index (κ3) is 3.13. The number of nitrogens with one attached hydrogen (secondary N) is 3. The first-order valence-corrected chi connectivity index (χ1v) is 8.78. The molecule has 7 heteroatoms. The number of aryl methyl sites for hydroxylation is 1. The van der Waals surface area contributed by atoms with E-state index in [9.17, 15) is 9.90 Å². The van der Waals surface area contributed by atoms with Gasteiger partial charge in [0.1, 0.15) is 5.75 Å². The number of amides is 1. The molecule has 7 nitrogen and oxygen atoms in total. The monoisotopic (exact) mass is 351 g/mol. The summed E-state index contributed by atoms with van der Waals surface area (Å²) >= 11 is 0. The number of carbonyl (C=O) groups is 1. The number of phenols is 1. The number of H-pyrrole nitrogens is 1. The van der Waals surface area contributed by atoms with Crippen molar-refractivity contribution < 1.29 is 9.90 Å². The zero-order valence-corrected chi connectivity index (χ0v) is 14.5. The molecular weight excluding hydrogens is 330 g/mol. The van der Waals surface area contributed by atoms with E-state index in [1.165, 1.54) is 0 Å². The number of carbonyl (C=O) groups excluding carboxylic acids is 1. The summed E-state index contributed by atoms with van der Waals surface area (Å²) in [4.78, 5) is 17.6. The maximum Gasteiger partial charge on any atom is 0.252 e. The molecule has 0 saturated carbocycles. The molecule has 0 bridgehead atoms. The number of pyridine rings is 1. The lowest BCUT2D eigenvalue weighted by atomic mass is 10.0. The summed E-state index contributed by atoms with van der Waals surface area (Å²) in [5.41, 5.74) is 3.40. The van der Waals surface area contributed by atoms with E-state index in [0.717, 1.165) is 42.6 Å². The Labute approximate surface area is 150 Å². The molecule has 26 heavy (non-hydrogen) atoms. The minimum Gasteiger partial charge on any atom is -0.508 e. The Balaban J connectivity index is 1.75. The predicted octanol–water partition coefficient (Wildman–Crippen LogP) is 2.12. The SMILES string of the molecule is Cc1n[nH]c2nc(-c3ccc(O)cc3)cc(C(=O)NC3CCNCC3)c12. The van der Waals surface area contributed by atoms with Crippen LogP contribution in [0.3, 0.4) is 0 Å². The van der Waals surface area contributed by atoms with Gasteiger partial charge in [0.25, 0.3) is 5.91 Å². The van der Waals surface area contributed by atoms with Crippen molar-refractivity contribution in [3.63, 3.8) is 0 Å². The lowest BCUT2D eigenvalue weighted by molar-refractivity contribution is 0.0931. The molecule has 0 spiro atoms. The summed E-state index contributed by atoms with van der Waals surface area (Å²) in [6.45, 7) is 3.70. The average molecular weight is 351 g/mol. The smallest absolute Gasteiger partial charge is 0.252 e. The third-order valence-electron chi connectivity index (χ3n) is 4.79. The Hall–Kier alpha value is -2.93. The van der Waals surface area contributed by atoms with Gasteiger partial charge < -0.3 is 15.7 Å². The van der Waals surface area contributed by atoms with Crippen LogP contribution in [0, 0.1) is 6.92 Å². The van der Waals surface area contributed by atoms with Crippen molar-refractivity contribution in [1.82, 2.24) is 25.8 Å². The number of aromatic hydroxyl groups is 1. The average Bonchev–Trinajstić information content (AvgIpc) is 3.03. The molecular formula is C19H21N5O2. The zero-order valence-electron chi connectivity index (χ0n) is 14.5. The first-order valence-electron chi connectivity index (χ1n) is 8.78. The fraction of sp³-hybridized carbons (Fsp3) is 0.316. The van der Waals surface area contributed by atoms with Crippen LogP contribution in [-0.4, -0.2) is 45.3 Å². The van der Waals surface area contributed by atoms with Crippen LogP contribution in [0.25, 0.3) is 22.3 Å². The third-order valence-corrected chi connectivity index (χ3v) is 4.79. The number of nitrogens with zero attached hydrogens (tertiary/aromatic N) is 2. The zero-order chi connectivity index (χ0) is 18.1. The highest BCUT2D eigenvalue weighted by atomic mass is 16.3. The van der Waals surface area contributed by atoms with Crippen molar-refractivity contribution in [1.29, 1.82) is 0 Å². The van der Waals surface area contributed by atoms with Crippen LogP contribution in [-0.2, 0) is 0 Å². The van der Waals surface area contributed by atoms with Crippen molar-refractivity contribution in [2.75, 3.05) is 13.1 Å². The molecule has 1 fully saturated rings. The summed E-state index contributed by atoms with van der Waals surface area (Å²) in [5.74, 6) is 0.0879. The number of aromatic amines is 1. The Morgan fingerprint density at radius 3 is 2.69 bits per heavy atom. The molecule has 1 aliphatic heterocycles. The standard InChI is InChI=1S/C19H21N5O2/c1-11-17-15(19(26)21-13-6-8-20-9-7-13)10-16(22-18(17)24-23-11)12-2-4-14(25)5-3-12/h2-5,10,13,20,25H,6-9H2,1H3,(H,21,26)(H,22,23,24). The van der Waals surface area contributed by atoms with Crippen molar-refractivity contribution in [2.24, 2.45) is 0 Å². The second-order valence-electron chi connectivity index (χ2n) is 6.63. The van der Waals surface area contributed by atoms with Gasteiger partial charge in [0.05, 0.1) is 22.3 Å². The van der Waals surface area contributed by atoms with Crippen LogP contribution in [0.2, 0.25) is 0 Å². The van der Waals surface area contributed by atoms with Crippen LogP contribution in [0.5, 0.6) is 5.75 Å². The van der Waals surface area contributed by atoms with Gasteiger partial charge in [-0.25, -0.2) is 4.98 Å². The molecule has 3 heterocycles. The van der Waals surface area contributed by atoms with E-state index >= 15 is 0 Å². The van der Waals surface area contributed by atoms with E-state index in [0.29, 0.717) is 16.9 Å². The number of hydrogen-bond acceptors (Lipinski definition) is 5. The highest BCUT2D eigenvalue weighted by Gasteiger charge is 2.21. The van der Waals surface area contributed by atoms with Crippen LogP contribution in [0.15, 0.2) is 30.3 Å². The highest BCUT2D eigenvalue weighted by molar-refractivity contribution is 6.07. The Bertz CT molecular complexity index is 942. The van der Waals surface area contributed by atoms with Crippen molar-refractivity contribution in [3.8, 4) is 17.0 Å². The molecule has 1 amide bonds. The molecule has 4 rings (SSSR count). The number of aromatic nitrogens is 3. The van der Waals surface area contributed by atoms with Crippen LogP contribution in [0.1, 0.15) is 28.9 Å². The van der Waals surface area contributed by atoms with Gasteiger partial charge >= 0.3 is 0 Å². The first-order chi connectivity index (χ1) is 12.6. The molecule has 1 aliphatic rings. The lowest BCUT2D eigenvalue weighted by Crippen LogP contribution is -2.42. The van der Waals surface area contributed by atoms with Crippen LogP contribution in [0.4, 0.5) is 0 Å². The fourth-order valence-electron chi connectivity index (χ4n) is 3.37. The second kappa shape index (κ2) is 6.76. The number of rotatable bonds is 3. The first kappa shape index (κ1) is 16.5. The number of piperidine rings is 1. The predicted molar refractivity (Wildman–Crippen MR) is 99.1 cm³/mol. The van der Waals surface area contributed by atoms with Gasteiger partial charge in [0, 0.05) is 11.6 Å². The topological polar surface area (TPSA) is 103 Å². The molecule has 2 aromatic heterocycles. The largest absolute Gasteiger partial charge is 0.508 e. The van der Waals surface area contributed by atoms with Gasteiger partial charge in [-0.05, 0) is 63.2 Å². The summed E-state index contributed by atoms with van der Waals surface area (Å²) in [5, 5.41) is 23.8. The van der Waals surface area contributed by atoms with E-state index in [4.69, 9.17) is 0 Å². The molecule has 0 aliphatic carbocycles. The molecule has 0 radical (unpaired) electrons. The van der Waals surface area contributed by atoms with Gasteiger partial charge in [0.15, 0.2) is 5.65 Å². The Morgan fingerprint density at radius 1 is 1.23 bits per heavy atom. The van der Waals surface area contributed by atoms with E-state index in [1.54, 1.807) is 30.3 Å². The fourth-order valence-corrected chi connectivity index (χ4v) is 3.37. The van der Waals surface area contributed by atoms with E-state index in [1.807, 2.05) is 6.92 Å². The molecule has 134 valence electrons. The van der Waals surface area contributed by atoms with Crippen molar-refractivity contribution in [2.45, 2.75) is 25.8 Å². The summed E-state index contributed by atoms with van der Waals surface area (Å²) < 4.78 is 0. The maximum absolute atomic E-state index is 13.0. The van der Waals surface area contributed by atoms with E-state index in [-0.39, 0.29) is 17.7 Å². The van der Waals surface area contributed by atoms with E-state index in [2.05, 4.69) is 25.8 Å². The summed E-state index contributed by atoms with van der Waals surface area (Å²) in [7, 11) is 0. The van der Waals surface area contributed by atoms with Crippen LogP contribution >= 0.6 is 0 Å². The summed E-state index contributed by atoms with van der Waals surface area (Å²) in [6, 6.07) is 8.75. The van der Waals surface area contributed by atoms with Gasteiger partial charge in [-0.1, -0.05) is 0 Å². The maximum atomic E-state index is 13.0. The highest BCUT2D eigenvalue weighted by Crippen LogP contribution is 2.27. The number of benzene rings is 1. The minimum atomic E-state index is -0.103. The molecule has 3 aromatic rings. The molecule has 4 N–H and O–H groups in total. The number of phenolic OH excluding ortho intramolecular Hbond substituents is 1.